The molecule has 7 rings (SSSR count). The van der Waals surface area contributed by atoms with Gasteiger partial charge in [-0.15, -0.1) is 0 Å². The fourth-order valence-corrected chi connectivity index (χ4v) is 6.40. The lowest BCUT2D eigenvalue weighted by Crippen LogP contribution is -2.36. The Hall–Kier alpha value is -5.80. The lowest BCUT2D eigenvalue weighted by molar-refractivity contribution is -0.111. The number of fused-ring (bicyclic) bond motifs is 1. The second-order valence-corrected chi connectivity index (χ2v) is 13.2. The Labute approximate surface area is 322 Å². The highest BCUT2D eigenvalue weighted by Gasteiger charge is 2.42. The molecule has 1 aliphatic heterocycles. The Balaban J connectivity index is 1.23. The SMILES string of the molecule is CCOCCOC1c2c(OCc3ccccc3)cc(OCc3ccccc3)cc2O[C@H](c2ccc(OCc3ccccc3)c(OCc3ccccc3)c2)[C@H]1O. The van der Waals surface area contributed by atoms with Crippen molar-refractivity contribution >= 4 is 0 Å². The monoisotopic (exact) mass is 738 g/mol. The van der Waals surface area contributed by atoms with E-state index in [1.807, 2.05) is 159 Å². The largest absolute Gasteiger partial charge is 0.489 e. The topological polar surface area (TPSA) is 84.8 Å². The normalized spacial score (nSPS) is 16.1. The minimum atomic E-state index is -1.12. The maximum absolute atomic E-state index is 12.2. The summed E-state index contributed by atoms with van der Waals surface area (Å²) in [5.41, 5.74) is 5.36. The fraction of sp³-hybridized carbons (Fsp3) is 0.234. The van der Waals surface area contributed by atoms with Gasteiger partial charge in [-0.25, -0.2) is 0 Å². The molecule has 0 saturated carbocycles. The number of ether oxygens (including phenoxy) is 7. The third-order valence-corrected chi connectivity index (χ3v) is 9.22. The van der Waals surface area contributed by atoms with Crippen LogP contribution in [0, 0.1) is 0 Å². The molecule has 1 heterocycles. The average Bonchev–Trinajstić information content (AvgIpc) is 3.24. The summed E-state index contributed by atoms with van der Waals surface area (Å²) >= 11 is 0. The second kappa shape index (κ2) is 19.0. The van der Waals surface area contributed by atoms with Gasteiger partial charge in [0.05, 0.1) is 18.8 Å². The van der Waals surface area contributed by atoms with Crippen LogP contribution in [0.5, 0.6) is 28.7 Å². The van der Waals surface area contributed by atoms with Gasteiger partial charge in [0.25, 0.3) is 0 Å². The van der Waals surface area contributed by atoms with E-state index in [1.165, 1.54) is 0 Å². The van der Waals surface area contributed by atoms with E-state index >= 15 is 0 Å². The maximum Gasteiger partial charge on any atom is 0.162 e. The van der Waals surface area contributed by atoms with Crippen LogP contribution in [0.25, 0.3) is 0 Å². The standard InChI is InChI=1S/C47H46O8/c1-2-49-25-26-50-47-44-42(54-33-37-21-13-6-14-22-37)28-39(51-30-34-15-7-3-8-16-34)29-43(44)55-46(45(47)48)38-23-24-40(52-31-35-17-9-4-10-18-35)41(27-38)53-32-36-19-11-5-12-20-36/h3-24,27-29,45-48H,2,25-26,30-33H2,1H3/t45-,46-,47?/m1/s1. The van der Waals surface area contributed by atoms with E-state index < -0.39 is 18.3 Å². The Kier molecular flexibility index (Phi) is 13.0. The summed E-state index contributed by atoms with van der Waals surface area (Å²) in [6, 6.07) is 49.1. The lowest BCUT2D eigenvalue weighted by Gasteiger charge is -2.38. The number of hydrogen-bond acceptors (Lipinski definition) is 8. The van der Waals surface area contributed by atoms with Crippen LogP contribution in [0.3, 0.4) is 0 Å². The molecular weight excluding hydrogens is 693 g/mol. The molecule has 3 atom stereocenters. The minimum Gasteiger partial charge on any atom is -0.489 e. The van der Waals surface area contributed by atoms with Gasteiger partial charge in [0, 0.05) is 18.7 Å². The van der Waals surface area contributed by atoms with E-state index in [-0.39, 0.29) is 6.61 Å². The molecule has 55 heavy (non-hydrogen) atoms. The van der Waals surface area contributed by atoms with Gasteiger partial charge >= 0.3 is 0 Å². The quantitative estimate of drug-likeness (QED) is 0.0874. The van der Waals surface area contributed by atoms with Gasteiger partial charge in [-0.3, -0.25) is 0 Å². The van der Waals surface area contributed by atoms with Crippen LogP contribution in [0.4, 0.5) is 0 Å². The Bertz CT molecular complexity index is 2060. The number of aliphatic hydroxyl groups is 1. The molecule has 1 aliphatic rings. The fourth-order valence-electron chi connectivity index (χ4n) is 6.40. The summed E-state index contributed by atoms with van der Waals surface area (Å²) < 4.78 is 44.3. The molecular formula is C47H46O8. The Morgan fingerprint density at radius 3 is 1.58 bits per heavy atom. The van der Waals surface area contributed by atoms with Crippen molar-refractivity contribution < 1.29 is 38.3 Å². The van der Waals surface area contributed by atoms with Gasteiger partial charge in [-0.1, -0.05) is 127 Å². The molecule has 0 amide bonds. The molecule has 0 fully saturated rings. The molecule has 8 heteroatoms. The molecule has 282 valence electrons. The summed E-state index contributed by atoms with van der Waals surface area (Å²) in [5.74, 6) is 2.65. The number of hydrogen-bond donors (Lipinski definition) is 1. The van der Waals surface area contributed by atoms with Gasteiger partial charge in [0.15, 0.2) is 17.6 Å². The van der Waals surface area contributed by atoms with Crippen LogP contribution in [-0.4, -0.2) is 31.0 Å². The van der Waals surface area contributed by atoms with Crippen molar-refractivity contribution in [2.45, 2.75) is 51.7 Å². The van der Waals surface area contributed by atoms with E-state index in [9.17, 15) is 5.11 Å². The highest BCUT2D eigenvalue weighted by atomic mass is 16.6. The van der Waals surface area contributed by atoms with E-state index in [0.29, 0.717) is 79.5 Å². The highest BCUT2D eigenvalue weighted by molar-refractivity contribution is 5.55. The van der Waals surface area contributed by atoms with Crippen LogP contribution in [0.15, 0.2) is 152 Å². The van der Waals surface area contributed by atoms with Gasteiger partial charge in [-0.2, -0.15) is 0 Å². The minimum absolute atomic E-state index is 0.254. The molecule has 8 nitrogen and oxygen atoms in total. The van der Waals surface area contributed by atoms with Crippen molar-refractivity contribution in [3.63, 3.8) is 0 Å². The molecule has 0 aromatic heterocycles. The summed E-state index contributed by atoms with van der Waals surface area (Å²) in [7, 11) is 0. The van der Waals surface area contributed by atoms with Gasteiger partial charge < -0.3 is 38.3 Å². The van der Waals surface area contributed by atoms with E-state index in [1.54, 1.807) is 0 Å². The van der Waals surface area contributed by atoms with Crippen molar-refractivity contribution in [3.05, 3.63) is 185 Å². The van der Waals surface area contributed by atoms with E-state index in [2.05, 4.69) is 0 Å². The third-order valence-electron chi connectivity index (χ3n) is 9.22. The molecule has 0 saturated heterocycles. The summed E-state index contributed by atoms with van der Waals surface area (Å²) in [4.78, 5) is 0. The van der Waals surface area contributed by atoms with Crippen LogP contribution in [0.2, 0.25) is 0 Å². The van der Waals surface area contributed by atoms with Crippen molar-refractivity contribution in [2.24, 2.45) is 0 Å². The first kappa shape index (κ1) is 37.5. The van der Waals surface area contributed by atoms with Crippen molar-refractivity contribution in [1.82, 2.24) is 0 Å². The van der Waals surface area contributed by atoms with Crippen molar-refractivity contribution in [2.75, 3.05) is 19.8 Å². The smallest absolute Gasteiger partial charge is 0.162 e. The van der Waals surface area contributed by atoms with Crippen molar-refractivity contribution in [1.29, 1.82) is 0 Å². The zero-order valence-corrected chi connectivity index (χ0v) is 30.9. The predicted octanol–water partition coefficient (Wildman–Crippen LogP) is 9.59. The molecule has 1 N–H and O–H groups in total. The van der Waals surface area contributed by atoms with Crippen LogP contribution >= 0.6 is 0 Å². The second-order valence-electron chi connectivity index (χ2n) is 13.2. The van der Waals surface area contributed by atoms with Crippen LogP contribution in [0.1, 0.15) is 52.5 Å². The summed E-state index contributed by atoms with van der Waals surface area (Å²) in [5, 5.41) is 12.2. The molecule has 6 aromatic rings. The Morgan fingerprint density at radius 1 is 0.527 bits per heavy atom. The Morgan fingerprint density at radius 2 is 1.04 bits per heavy atom. The highest BCUT2D eigenvalue weighted by Crippen LogP contribution is 2.50. The maximum atomic E-state index is 12.2. The van der Waals surface area contributed by atoms with E-state index in [4.69, 9.17) is 33.2 Å². The first-order valence-corrected chi connectivity index (χ1v) is 18.7. The van der Waals surface area contributed by atoms with Crippen LogP contribution in [-0.2, 0) is 35.9 Å². The molecule has 0 aliphatic carbocycles. The van der Waals surface area contributed by atoms with E-state index in [0.717, 1.165) is 22.3 Å². The van der Waals surface area contributed by atoms with Crippen molar-refractivity contribution in [3.8, 4) is 28.7 Å². The molecule has 0 radical (unpaired) electrons. The zero-order valence-electron chi connectivity index (χ0n) is 30.9. The summed E-state index contributed by atoms with van der Waals surface area (Å²) in [6.07, 6.45) is -2.77. The first-order valence-electron chi connectivity index (χ1n) is 18.7. The molecule has 6 aromatic carbocycles. The number of benzene rings is 6. The van der Waals surface area contributed by atoms with Crippen LogP contribution < -0.4 is 23.7 Å². The third kappa shape index (κ3) is 10.0. The molecule has 1 unspecified atom stereocenters. The zero-order chi connectivity index (χ0) is 37.7. The predicted molar refractivity (Wildman–Crippen MR) is 211 cm³/mol. The lowest BCUT2D eigenvalue weighted by atomic mass is 9.91. The number of aliphatic hydroxyl groups excluding tert-OH is 1. The van der Waals surface area contributed by atoms with Gasteiger partial charge in [0.2, 0.25) is 0 Å². The van der Waals surface area contributed by atoms with Gasteiger partial charge in [-0.05, 0) is 46.9 Å². The molecule has 0 spiro atoms. The molecule has 0 bridgehead atoms. The van der Waals surface area contributed by atoms with Gasteiger partial charge in [0.1, 0.15) is 55.9 Å². The first-order chi connectivity index (χ1) is 27.1. The summed E-state index contributed by atoms with van der Waals surface area (Å²) in [6.45, 7) is 4.45. The number of rotatable bonds is 18. The average molecular weight is 739 g/mol.